The van der Waals surface area contributed by atoms with Crippen LogP contribution in [0.3, 0.4) is 0 Å². The van der Waals surface area contributed by atoms with Gasteiger partial charge in [0.05, 0.1) is 22.2 Å². The third kappa shape index (κ3) is 3.37. The molecule has 1 fully saturated rings. The normalized spacial score (nSPS) is 15.0. The van der Waals surface area contributed by atoms with Gasteiger partial charge < -0.3 is 16.0 Å². The summed E-state index contributed by atoms with van der Waals surface area (Å²) in [6, 6.07) is 12.2. The third-order valence-corrected chi connectivity index (χ3v) is 8.59. The highest BCUT2D eigenvalue weighted by molar-refractivity contribution is 7.20. The van der Waals surface area contributed by atoms with E-state index in [1.807, 2.05) is 35.6 Å². The molecule has 0 aliphatic heterocycles. The van der Waals surface area contributed by atoms with Crippen LogP contribution in [0.5, 0.6) is 0 Å². The molecule has 5 nitrogen and oxygen atoms in total. The van der Waals surface area contributed by atoms with Gasteiger partial charge in [-0.25, -0.2) is 9.97 Å². The fourth-order valence-electron chi connectivity index (χ4n) is 4.25. The SMILES string of the molecule is Cc1c(C(c2sc(Nc3ccc4nc[nH]c4c3)nc2N)C2CC2)sc2cc(Cl)ccc12. The second kappa shape index (κ2) is 7.22. The van der Waals surface area contributed by atoms with E-state index in [2.05, 4.69) is 39.3 Å². The van der Waals surface area contributed by atoms with E-state index in [9.17, 15) is 0 Å². The Morgan fingerprint density at radius 2 is 2.03 bits per heavy atom. The minimum atomic E-state index is 0.291. The predicted molar refractivity (Wildman–Crippen MR) is 132 cm³/mol. The van der Waals surface area contributed by atoms with Crippen molar-refractivity contribution in [2.75, 3.05) is 11.1 Å². The first-order valence-electron chi connectivity index (χ1n) is 10.2. The number of imidazole rings is 1. The maximum atomic E-state index is 6.47. The molecule has 31 heavy (non-hydrogen) atoms. The number of nitrogens with zero attached hydrogens (tertiary/aromatic N) is 2. The smallest absolute Gasteiger partial charge is 0.189 e. The van der Waals surface area contributed by atoms with Gasteiger partial charge in [0.25, 0.3) is 0 Å². The van der Waals surface area contributed by atoms with Gasteiger partial charge in [-0.3, -0.25) is 0 Å². The Kier molecular flexibility index (Phi) is 4.45. The van der Waals surface area contributed by atoms with E-state index in [0.717, 1.165) is 31.8 Å². The number of anilines is 3. The molecular formula is C23H20ClN5S2. The first-order valence-corrected chi connectivity index (χ1v) is 12.2. The van der Waals surface area contributed by atoms with E-state index in [1.54, 1.807) is 17.7 Å². The minimum absolute atomic E-state index is 0.291. The zero-order chi connectivity index (χ0) is 21.1. The standard InChI is InChI=1S/C23H20ClN5S2/c1-11-15-6-4-13(24)8-18(15)30-20(11)19(12-2-3-12)21-22(25)29-23(31-21)28-14-5-7-16-17(9-14)27-10-26-16/h4-10,12,19H,2-3,25H2,1H3,(H,26,27)(H,28,29). The number of nitrogens with two attached hydrogens (primary N) is 1. The summed E-state index contributed by atoms with van der Waals surface area (Å²) in [5.74, 6) is 1.54. The van der Waals surface area contributed by atoms with Gasteiger partial charge >= 0.3 is 0 Å². The molecule has 6 rings (SSSR count). The Morgan fingerprint density at radius 1 is 1.16 bits per heavy atom. The van der Waals surface area contributed by atoms with Crippen molar-refractivity contribution >= 4 is 72.0 Å². The number of rotatable bonds is 5. The molecule has 156 valence electrons. The molecule has 4 N–H and O–H groups in total. The zero-order valence-corrected chi connectivity index (χ0v) is 19.2. The van der Waals surface area contributed by atoms with Crippen LogP contribution in [0.1, 0.15) is 34.1 Å². The number of hydrogen-bond donors (Lipinski definition) is 3. The Morgan fingerprint density at radius 3 is 2.87 bits per heavy atom. The Balaban J connectivity index is 1.38. The molecule has 0 radical (unpaired) electrons. The van der Waals surface area contributed by atoms with E-state index >= 15 is 0 Å². The van der Waals surface area contributed by atoms with Crippen molar-refractivity contribution < 1.29 is 0 Å². The van der Waals surface area contributed by atoms with E-state index in [4.69, 9.17) is 17.3 Å². The number of nitrogen functional groups attached to an aromatic ring is 1. The van der Waals surface area contributed by atoms with Crippen LogP contribution < -0.4 is 11.1 Å². The molecule has 1 unspecified atom stereocenters. The molecule has 2 aromatic carbocycles. The second-order valence-electron chi connectivity index (χ2n) is 8.07. The summed E-state index contributed by atoms with van der Waals surface area (Å²) in [5.41, 5.74) is 10.7. The van der Waals surface area contributed by atoms with Gasteiger partial charge in [-0.1, -0.05) is 29.0 Å². The molecule has 5 aromatic rings. The molecule has 1 aliphatic carbocycles. The van der Waals surface area contributed by atoms with Gasteiger partial charge in [0.15, 0.2) is 5.13 Å². The largest absolute Gasteiger partial charge is 0.383 e. The summed E-state index contributed by atoms with van der Waals surface area (Å²) in [4.78, 5) is 14.6. The van der Waals surface area contributed by atoms with Crippen molar-refractivity contribution in [3.8, 4) is 0 Å². The van der Waals surface area contributed by atoms with E-state index in [-0.39, 0.29) is 0 Å². The van der Waals surface area contributed by atoms with Crippen LogP contribution in [0.4, 0.5) is 16.6 Å². The second-order valence-corrected chi connectivity index (χ2v) is 10.6. The number of aromatic amines is 1. The summed E-state index contributed by atoms with van der Waals surface area (Å²) in [6.45, 7) is 2.22. The number of benzene rings is 2. The Bertz CT molecular complexity index is 1430. The van der Waals surface area contributed by atoms with Crippen LogP contribution in [0, 0.1) is 12.8 Å². The van der Waals surface area contributed by atoms with Crippen LogP contribution >= 0.6 is 34.3 Å². The average Bonchev–Trinajstić information content (AvgIpc) is 3.23. The highest BCUT2D eigenvalue weighted by atomic mass is 35.5. The molecule has 0 spiro atoms. The van der Waals surface area contributed by atoms with Gasteiger partial charge in [0.2, 0.25) is 0 Å². The van der Waals surface area contributed by atoms with Crippen molar-refractivity contribution in [3.05, 3.63) is 63.1 Å². The number of halogens is 1. The first kappa shape index (κ1) is 19.1. The lowest BCUT2D eigenvalue weighted by atomic mass is 9.96. The first-order chi connectivity index (χ1) is 15.1. The van der Waals surface area contributed by atoms with E-state index < -0.39 is 0 Å². The molecule has 3 aromatic heterocycles. The van der Waals surface area contributed by atoms with Crippen molar-refractivity contribution in [2.24, 2.45) is 5.92 Å². The van der Waals surface area contributed by atoms with Gasteiger partial charge in [-0.05, 0) is 67.0 Å². The molecule has 1 atom stereocenters. The highest BCUT2D eigenvalue weighted by Gasteiger charge is 2.38. The van der Waals surface area contributed by atoms with Crippen LogP contribution in [0.25, 0.3) is 21.1 Å². The van der Waals surface area contributed by atoms with E-state index in [0.29, 0.717) is 17.7 Å². The number of aromatic nitrogens is 3. The number of aryl methyl sites for hydroxylation is 1. The number of thiazole rings is 1. The summed E-state index contributed by atoms with van der Waals surface area (Å²) in [5, 5.41) is 6.31. The zero-order valence-electron chi connectivity index (χ0n) is 16.8. The molecule has 0 bridgehead atoms. The molecule has 0 saturated heterocycles. The van der Waals surface area contributed by atoms with Crippen molar-refractivity contribution in [3.63, 3.8) is 0 Å². The van der Waals surface area contributed by atoms with Gasteiger partial charge in [0.1, 0.15) is 5.82 Å². The lowest BCUT2D eigenvalue weighted by molar-refractivity contribution is 0.726. The number of H-pyrrole nitrogens is 1. The Labute approximate surface area is 192 Å². The van der Waals surface area contributed by atoms with Crippen LogP contribution in [-0.4, -0.2) is 15.0 Å². The summed E-state index contributed by atoms with van der Waals surface area (Å²) < 4.78 is 1.24. The van der Waals surface area contributed by atoms with Gasteiger partial charge in [-0.15, -0.1) is 11.3 Å². The van der Waals surface area contributed by atoms with Crippen molar-refractivity contribution in [1.29, 1.82) is 0 Å². The predicted octanol–water partition coefficient (Wildman–Crippen LogP) is 7.06. The maximum absolute atomic E-state index is 6.47. The fourth-order valence-corrected chi connectivity index (χ4v) is 7.12. The van der Waals surface area contributed by atoms with Crippen LogP contribution in [0.15, 0.2) is 42.7 Å². The van der Waals surface area contributed by atoms with Crippen LogP contribution in [0.2, 0.25) is 5.02 Å². The third-order valence-electron chi connectivity index (χ3n) is 5.95. The van der Waals surface area contributed by atoms with Crippen molar-refractivity contribution in [1.82, 2.24) is 15.0 Å². The lowest BCUT2D eigenvalue weighted by Crippen LogP contribution is -2.04. The number of thiophene rings is 1. The number of fused-ring (bicyclic) bond motifs is 2. The number of hydrogen-bond acceptors (Lipinski definition) is 6. The molecule has 0 amide bonds. The number of nitrogens with one attached hydrogen (secondary N) is 2. The quantitative estimate of drug-likeness (QED) is 0.259. The van der Waals surface area contributed by atoms with Crippen LogP contribution in [-0.2, 0) is 0 Å². The lowest BCUT2D eigenvalue weighted by Gasteiger charge is -2.14. The monoisotopic (exact) mass is 465 g/mol. The molecule has 1 aliphatic rings. The van der Waals surface area contributed by atoms with E-state index in [1.165, 1.54) is 33.4 Å². The summed E-state index contributed by atoms with van der Waals surface area (Å²) in [7, 11) is 0. The molecule has 1 saturated carbocycles. The summed E-state index contributed by atoms with van der Waals surface area (Å²) in [6.07, 6.45) is 4.17. The highest BCUT2D eigenvalue weighted by Crippen LogP contribution is 2.53. The topological polar surface area (TPSA) is 79.6 Å². The van der Waals surface area contributed by atoms with Crippen molar-refractivity contribution in [2.45, 2.75) is 25.7 Å². The van der Waals surface area contributed by atoms with Gasteiger partial charge in [0, 0.05) is 26.2 Å². The maximum Gasteiger partial charge on any atom is 0.189 e. The minimum Gasteiger partial charge on any atom is -0.383 e. The average molecular weight is 466 g/mol. The molecule has 3 heterocycles. The fraction of sp³-hybridized carbons (Fsp3) is 0.217. The Hall–Kier alpha value is -2.61. The van der Waals surface area contributed by atoms with Gasteiger partial charge in [-0.2, -0.15) is 0 Å². The molecular weight excluding hydrogens is 446 g/mol. The summed E-state index contributed by atoms with van der Waals surface area (Å²) >= 11 is 9.75. The molecule has 8 heteroatoms.